The molecule has 0 saturated carbocycles. The molecule has 1 aromatic rings. The quantitative estimate of drug-likeness (QED) is 0.777. The van der Waals surface area contributed by atoms with Gasteiger partial charge in [-0.05, 0) is 37.2 Å². The fourth-order valence-corrected chi connectivity index (χ4v) is 2.24. The number of carboxylic acids is 1. The summed E-state index contributed by atoms with van der Waals surface area (Å²) in [5, 5.41) is 8.62. The number of hydrogen-bond acceptors (Lipinski definition) is 4. The number of benzene rings is 1. The summed E-state index contributed by atoms with van der Waals surface area (Å²) in [4.78, 5) is 12.7. The second-order valence-corrected chi connectivity index (χ2v) is 5.09. The third kappa shape index (κ3) is 5.21. The minimum absolute atomic E-state index is 0.485. The fourth-order valence-electron chi connectivity index (χ4n) is 2.24. The number of nitrogens with zero attached hydrogens (tertiary/aromatic N) is 1. The first-order chi connectivity index (χ1) is 10.1. The van der Waals surface area contributed by atoms with E-state index in [1.165, 1.54) is 0 Å². The molecule has 21 heavy (non-hydrogen) atoms. The molecular formula is C16H21NO4. The highest BCUT2D eigenvalue weighted by Crippen LogP contribution is 2.15. The number of ether oxygens (including phenoxy) is 2. The predicted octanol–water partition coefficient (Wildman–Crippen LogP) is 1.88. The Morgan fingerprint density at radius 2 is 2.43 bits per heavy atom. The Bertz CT molecular complexity index is 495. The third-order valence-electron chi connectivity index (χ3n) is 3.52. The van der Waals surface area contributed by atoms with Crippen LogP contribution in [-0.4, -0.2) is 55.4 Å². The van der Waals surface area contributed by atoms with Crippen molar-refractivity contribution in [2.75, 3.05) is 33.4 Å². The molecule has 1 aromatic carbocycles. The van der Waals surface area contributed by atoms with Crippen LogP contribution in [0.25, 0.3) is 6.08 Å². The minimum Gasteiger partial charge on any atom is -0.492 e. The Labute approximate surface area is 124 Å². The van der Waals surface area contributed by atoms with E-state index in [0.717, 1.165) is 43.6 Å². The Morgan fingerprint density at radius 1 is 1.57 bits per heavy atom. The summed E-state index contributed by atoms with van der Waals surface area (Å²) in [6.45, 7) is 3.07. The first kappa shape index (κ1) is 15.5. The van der Waals surface area contributed by atoms with Crippen molar-refractivity contribution in [3.8, 4) is 5.75 Å². The van der Waals surface area contributed by atoms with Crippen LogP contribution in [0.15, 0.2) is 30.3 Å². The van der Waals surface area contributed by atoms with E-state index in [-0.39, 0.29) is 0 Å². The lowest BCUT2D eigenvalue weighted by Crippen LogP contribution is -2.35. The Morgan fingerprint density at radius 3 is 3.14 bits per heavy atom. The van der Waals surface area contributed by atoms with E-state index in [4.69, 9.17) is 14.6 Å². The zero-order chi connectivity index (χ0) is 15.1. The lowest BCUT2D eigenvalue weighted by atomic mass is 10.2. The van der Waals surface area contributed by atoms with Crippen molar-refractivity contribution in [2.24, 2.45) is 0 Å². The van der Waals surface area contributed by atoms with Crippen LogP contribution in [-0.2, 0) is 9.53 Å². The molecule has 0 bridgehead atoms. The van der Waals surface area contributed by atoms with Crippen LogP contribution in [0.4, 0.5) is 0 Å². The van der Waals surface area contributed by atoms with E-state index in [0.29, 0.717) is 12.6 Å². The van der Waals surface area contributed by atoms with Gasteiger partial charge in [-0.2, -0.15) is 0 Å². The monoisotopic (exact) mass is 291 g/mol. The first-order valence-corrected chi connectivity index (χ1v) is 7.07. The van der Waals surface area contributed by atoms with Crippen LogP contribution < -0.4 is 4.74 Å². The standard InChI is InChI=1S/C16H21NO4/c1-17(14-7-9-20-12-14)8-10-21-15-4-2-3-13(11-15)5-6-16(18)19/h2-6,11,14H,7-10,12H2,1H3,(H,18,19)/b6-5+. The number of hydrogen-bond donors (Lipinski definition) is 1. The number of aliphatic carboxylic acids is 1. The summed E-state index contributed by atoms with van der Waals surface area (Å²) in [6.07, 6.45) is 3.75. The Balaban J connectivity index is 1.80. The van der Waals surface area contributed by atoms with Gasteiger partial charge in [0.05, 0.1) is 6.61 Å². The van der Waals surface area contributed by atoms with Gasteiger partial charge < -0.3 is 14.6 Å². The zero-order valence-electron chi connectivity index (χ0n) is 12.2. The number of carboxylic acid groups (broad SMARTS) is 1. The van der Waals surface area contributed by atoms with Crippen LogP contribution in [0.1, 0.15) is 12.0 Å². The second kappa shape index (κ2) is 7.81. The molecule has 1 aliphatic heterocycles. The van der Waals surface area contributed by atoms with Gasteiger partial charge in [0.25, 0.3) is 0 Å². The van der Waals surface area contributed by atoms with Crippen molar-refractivity contribution >= 4 is 12.0 Å². The topological polar surface area (TPSA) is 59.0 Å². The van der Waals surface area contributed by atoms with Crippen molar-refractivity contribution in [1.82, 2.24) is 4.90 Å². The fraction of sp³-hybridized carbons (Fsp3) is 0.438. The predicted molar refractivity (Wildman–Crippen MR) is 80.5 cm³/mol. The summed E-state index contributed by atoms with van der Waals surface area (Å²) in [5.74, 6) is -0.208. The highest BCUT2D eigenvalue weighted by atomic mass is 16.5. The molecule has 1 atom stereocenters. The lowest BCUT2D eigenvalue weighted by Gasteiger charge is -2.22. The van der Waals surface area contributed by atoms with Gasteiger partial charge in [0.2, 0.25) is 0 Å². The Hall–Kier alpha value is -1.85. The molecular weight excluding hydrogens is 270 g/mol. The maximum atomic E-state index is 10.5. The van der Waals surface area contributed by atoms with Crippen molar-refractivity contribution in [2.45, 2.75) is 12.5 Å². The molecule has 0 aromatic heterocycles. The van der Waals surface area contributed by atoms with Gasteiger partial charge in [0.15, 0.2) is 0 Å². The van der Waals surface area contributed by atoms with E-state index in [1.807, 2.05) is 24.3 Å². The van der Waals surface area contributed by atoms with E-state index >= 15 is 0 Å². The van der Waals surface area contributed by atoms with E-state index < -0.39 is 5.97 Å². The smallest absolute Gasteiger partial charge is 0.328 e. The van der Waals surface area contributed by atoms with Gasteiger partial charge in [-0.1, -0.05) is 12.1 Å². The summed E-state index contributed by atoms with van der Waals surface area (Å²) in [6, 6.07) is 7.88. The maximum absolute atomic E-state index is 10.5. The minimum atomic E-state index is -0.957. The van der Waals surface area contributed by atoms with E-state index in [1.54, 1.807) is 6.08 Å². The van der Waals surface area contributed by atoms with Crippen molar-refractivity contribution < 1.29 is 19.4 Å². The maximum Gasteiger partial charge on any atom is 0.328 e. The second-order valence-electron chi connectivity index (χ2n) is 5.09. The van der Waals surface area contributed by atoms with E-state index in [2.05, 4.69) is 11.9 Å². The molecule has 0 amide bonds. The highest BCUT2D eigenvalue weighted by molar-refractivity contribution is 5.85. The van der Waals surface area contributed by atoms with Gasteiger partial charge in [-0.25, -0.2) is 4.79 Å². The zero-order valence-corrected chi connectivity index (χ0v) is 12.2. The molecule has 0 aliphatic carbocycles. The molecule has 1 heterocycles. The SMILES string of the molecule is CN(CCOc1cccc(/C=C/C(=O)O)c1)C1CCOC1. The molecule has 1 aliphatic rings. The summed E-state index contributed by atoms with van der Waals surface area (Å²) < 4.78 is 11.1. The van der Waals surface area contributed by atoms with Crippen molar-refractivity contribution in [3.05, 3.63) is 35.9 Å². The van der Waals surface area contributed by atoms with Gasteiger partial charge in [0, 0.05) is 25.3 Å². The van der Waals surface area contributed by atoms with Crippen molar-refractivity contribution in [1.29, 1.82) is 0 Å². The molecule has 1 unspecified atom stereocenters. The van der Waals surface area contributed by atoms with Crippen LogP contribution in [0.3, 0.4) is 0 Å². The van der Waals surface area contributed by atoms with Crippen LogP contribution in [0.2, 0.25) is 0 Å². The molecule has 5 nitrogen and oxygen atoms in total. The molecule has 2 rings (SSSR count). The molecule has 1 saturated heterocycles. The molecule has 1 N–H and O–H groups in total. The van der Waals surface area contributed by atoms with Gasteiger partial charge in [0.1, 0.15) is 12.4 Å². The molecule has 114 valence electrons. The summed E-state index contributed by atoms with van der Waals surface area (Å²) >= 11 is 0. The average molecular weight is 291 g/mol. The van der Waals surface area contributed by atoms with Gasteiger partial charge >= 0.3 is 5.97 Å². The molecule has 0 radical (unpaired) electrons. The van der Waals surface area contributed by atoms with Crippen LogP contribution >= 0.6 is 0 Å². The van der Waals surface area contributed by atoms with Gasteiger partial charge in [-0.3, -0.25) is 4.90 Å². The van der Waals surface area contributed by atoms with Gasteiger partial charge in [-0.15, -0.1) is 0 Å². The van der Waals surface area contributed by atoms with Crippen molar-refractivity contribution in [3.63, 3.8) is 0 Å². The van der Waals surface area contributed by atoms with Crippen LogP contribution in [0, 0.1) is 0 Å². The average Bonchev–Trinajstić information content (AvgIpc) is 3.00. The molecule has 0 spiro atoms. The summed E-state index contributed by atoms with van der Waals surface area (Å²) in [7, 11) is 2.08. The number of carbonyl (C=O) groups is 1. The summed E-state index contributed by atoms with van der Waals surface area (Å²) in [5.41, 5.74) is 0.812. The third-order valence-corrected chi connectivity index (χ3v) is 3.52. The molecule has 1 fully saturated rings. The number of rotatable bonds is 7. The first-order valence-electron chi connectivity index (χ1n) is 7.07. The lowest BCUT2D eigenvalue weighted by molar-refractivity contribution is -0.131. The normalized spacial score (nSPS) is 18.5. The van der Waals surface area contributed by atoms with Crippen LogP contribution in [0.5, 0.6) is 5.75 Å². The molecule has 5 heteroatoms. The number of likely N-dealkylation sites (N-methyl/N-ethyl adjacent to an activating group) is 1. The largest absolute Gasteiger partial charge is 0.492 e. The highest BCUT2D eigenvalue weighted by Gasteiger charge is 2.19. The van der Waals surface area contributed by atoms with E-state index in [9.17, 15) is 4.79 Å². The Kier molecular flexibility index (Phi) is 5.78.